The van der Waals surface area contributed by atoms with Crippen LogP contribution in [0.4, 0.5) is 5.13 Å². The first kappa shape index (κ1) is 14.8. The van der Waals surface area contributed by atoms with Gasteiger partial charge in [-0.2, -0.15) is 5.26 Å². The third kappa shape index (κ3) is 4.75. The van der Waals surface area contributed by atoms with Crippen LogP contribution in [-0.2, 0) is 4.79 Å². The number of hydrogen-bond acceptors (Lipinski definition) is 5. The molecule has 0 saturated heterocycles. The average Bonchev–Trinajstić information content (AvgIpc) is 2.89. The molecule has 0 spiro atoms. The van der Waals surface area contributed by atoms with E-state index in [0.717, 1.165) is 10.4 Å². The third-order valence-corrected chi connectivity index (χ3v) is 3.29. The van der Waals surface area contributed by atoms with Crippen molar-refractivity contribution in [2.24, 2.45) is 0 Å². The molecule has 1 heterocycles. The van der Waals surface area contributed by atoms with E-state index in [1.54, 1.807) is 24.4 Å². The van der Waals surface area contributed by atoms with E-state index in [2.05, 4.69) is 10.3 Å². The van der Waals surface area contributed by atoms with Crippen LogP contribution in [0.25, 0.3) is 6.08 Å². The summed E-state index contributed by atoms with van der Waals surface area (Å²) in [6.45, 7) is 1.95. The minimum absolute atomic E-state index is 0.0187. The van der Waals surface area contributed by atoms with Crippen molar-refractivity contribution in [3.63, 3.8) is 0 Å². The second kappa shape index (κ2) is 7.22. The maximum atomic E-state index is 11.7. The van der Waals surface area contributed by atoms with E-state index in [1.807, 2.05) is 25.1 Å². The predicted molar refractivity (Wildman–Crippen MR) is 82.1 cm³/mol. The van der Waals surface area contributed by atoms with E-state index in [-0.39, 0.29) is 12.5 Å². The number of ether oxygens (including phenoxy) is 1. The van der Waals surface area contributed by atoms with Gasteiger partial charge in [0.05, 0.1) is 0 Å². The lowest BCUT2D eigenvalue weighted by atomic mass is 10.2. The number of anilines is 1. The number of carbonyl (C=O) groups is 1. The van der Waals surface area contributed by atoms with Crippen molar-refractivity contribution in [3.05, 3.63) is 47.0 Å². The maximum Gasteiger partial charge on any atom is 0.250 e. The Morgan fingerprint density at radius 2 is 2.24 bits per heavy atom. The Morgan fingerprint density at radius 1 is 1.48 bits per heavy atom. The van der Waals surface area contributed by atoms with E-state index in [1.165, 1.54) is 17.4 Å². The molecule has 0 unspecified atom stereocenters. The fourth-order valence-electron chi connectivity index (χ4n) is 1.52. The molecule has 2 aromatic rings. The number of carbonyl (C=O) groups excluding carboxylic acids is 1. The van der Waals surface area contributed by atoms with Crippen LogP contribution in [0.15, 0.2) is 36.5 Å². The Labute approximate surface area is 126 Å². The van der Waals surface area contributed by atoms with Crippen molar-refractivity contribution in [1.29, 1.82) is 5.26 Å². The quantitative estimate of drug-likeness (QED) is 0.861. The zero-order valence-corrected chi connectivity index (χ0v) is 12.2. The van der Waals surface area contributed by atoms with Gasteiger partial charge in [-0.15, -0.1) is 11.3 Å². The minimum Gasteiger partial charge on any atom is -0.479 e. The SMILES string of the molecule is Cc1cnc(NC(=O)/C=C/c2ccc(OCC#N)cc2)s1. The number of thiazole rings is 1. The van der Waals surface area contributed by atoms with E-state index < -0.39 is 0 Å². The van der Waals surface area contributed by atoms with Gasteiger partial charge in [0, 0.05) is 17.2 Å². The summed E-state index contributed by atoms with van der Waals surface area (Å²) in [4.78, 5) is 16.8. The van der Waals surface area contributed by atoms with E-state index in [0.29, 0.717) is 10.9 Å². The van der Waals surface area contributed by atoms with Crippen LogP contribution in [0.2, 0.25) is 0 Å². The molecule has 5 nitrogen and oxygen atoms in total. The van der Waals surface area contributed by atoms with Crippen LogP contribution >= 0.6 is 11.3 Å². The summed E-state index contributed by atoms with van der Waals surface area (Å²) in [6.07, 6.45) is 4.86. The van der Waals surface area contributed by atoms with Crippen molar-refractivity contribution in [1.82, 2.24) is 4.98 Å². The number of aryl methyl sites for hydroxylation is 1. The summed E-state index contributed by atoms with van der Waals surface area (Å²) in [5.41, 5.74) is 0.866. The number of hydrogen-bond donors (Lipinski definition) is 1. The molecule has 0 atom stereocenters. The van der Waals surface area contributed by atoms with Gasteiger partial charge >= 0.3 is 0 Å². The van der Waals surface area contributed by atoms with Gasteiger partial charge in [0.15, 0.2) is 11.7 Å². The van der Waals surface area contributed by atoms with Crippen molar-refractivity contribution >= 4 is 28.5 Å². The molecule has 6 heteroatoms. The Kier molecular flexibility index (Phi) is 5.07. The zero-order valence-electron chi connectivity index (χ0n) is 11.4. The maximum absolute atomic E-state index is 11.7. The summed E-state index contributed by atoms with van der Waals surface area (Å²) < 4.78 is 5.15. The molecule has 0 aliphatic carbocycles. The molecule has 0 aliphatic heterocycles. The van der Waals surface area contributed by atoms with Gasteiger partial charge in [-0.05, 0) is 30.7 Å². The van der Waals surface area contributed by atoms with Crippen LogP contribution in [-0.4, -0.2) is 17.5 Å². The molecule has 1 N–H and O–H groups in total. The molecule has 0 saturated carbocycles. The van der Waals surface area contributed by atoms with Gasteiger partial charge < -0.3 is 4.74 Å². The number of nitrogens with one attached hydrogen (secondary N) is 1. The largest absolute Gasteiger partial charge is 0.479 e. The molecule has 0 radical (unpaired) electrons. The highest BCUT2D eigenvalue weighted by molar-refractivity contribution is 7.15. The second-order valence-corrected chi connectivity index (χ2v) is 5.35. The zero-order chi connectivity index (χ0) is 15.1. The predicted octanol–water partition coefficient (Wildman–Crippen LogP) is 3.01. The lowest BCUT2D eigenvalue weighted by Gasteiger charge is -2.01. The Balaban J connectivity index is 1.91. The van der Waals surface area contributed by atoms with Crippen LogP contribution < -0.4 is 10.1 Å². The molecule has 0 fully saturated rings. The van der Waals surface area contributed by atoms with E-state index in [9.17, 15) is 4.79 Å². The van der Waals surface area contributed by atoms with E-state index in [4.69, 9.17) is 10.00 Å². The monoisotopic (exact) mass is 299 g/mol. The third-order valence-electron chi connectivity index (χ3n) is 2.46. The van der Waals surface area contributed by atoms with Gasteiger partial charge in [0.25, 0.3) is 0 Å². The van der Waals surface area contributed by atoms with Gasteiger partial charge in [-0.3, -0.25) is 10.1 Å². The van der Waals surface area contributed by atoms with Crippen LogP contribution in [0, 0.1) is 18.3 Å². The smallest absolute Gasteiger partial charge is 0.250 e. The summed E-state index contributed by atoms with van der Waals surface area (Å²) in [7, 11) is 0. The minimum atomic E-state index is -0.228. The number of nitrogens with zero attached hydrogens (tertiary/aromatic N) is 2. The lowest BCUT2D eigenvalue weighted by molar-refractivity contribution is -0.111. The normalized spacial score (nSPS) is 10.3. The molecular weight excluding hydrogens is 286 g/mol. The second-order valence-electron chi connectivity index (χ2n) is 4.11. The number of nitriles is 1. The van der Waals surface area contributed by atoms with Crippen LogP contribution in [0.3, 0.4) is 0 Å². The molecular formula is C15H13N3O2S. The number of rotatable bonds is 5. The number of amides is 1. The molecule has 0 aliphatic rings. The van der Waals surface area contributed by atoms with Gasteiger partial charge in [0.2, 0.25) is 5.91 Å². The number of aromatic nitrogens is 1. The Hall–Kier alpha value is -2.65. The standard InChI is InChI=1S/C15H13N3O2S/c1-11-10-17-15(21-11)18-14(19)7-4-12-2-5-13(6-3-12)20-9-8-16/h2-7,10H,9H2,1H3,(H,17,18,19)/b7-4+. The molecule has 1 aromatic heterocycles. The van der Waals surface area contributed by atoms with Crippen molar-refractivity contribution in [2.45, 2.75) is 6.92 Å². The summed E-state index contributed by atoms with van der Waals surface area (Å²) >= 11 is 1.43. The van der Waals surface area contributed by atoms with Gasteiger partial charge in [-0.25, -0.2) is 4.98 Å². The molecule has 106 valence electrons. The van der Waals surface area contributed by atoms with Gasteiger partial charge in [0.1, 0.15) is 11.8 Å². The molecule has 1 aromatic carbocycles. The first-order valence-electron chi connectivity index (χ1n) is 6.18. The first-order chi connectivity index (χ1) is 10.2. The van der Waals surface area contributed by atoms with Crippen molar-refractivity contribution in [2.75, 3.05) is 11.9 Å². The Bertz CT molecular complexity index is 684. The highest BCUT2D eigenvalue weighted by Gasteiger charge is 2.01. The van der Waals surface area contributed by atoms with Gasteiger partial charge in [-0.1, -0.05) is 12.1 Å². The fourth-order valence-corrected chi connectivity index (χ4v) is 2.19. The average molecular weight is 299 g/mol. The molecule has 1 amide bonds. The highest BCUT2D eigenvalue weighted by atomic mass is 32.1. The lowest BCUT2D eigenvalue weighted by Crippen LogP contribution is -2.07. The summed E-state index contributed by atoms with van der Waals surface area (Å²) in [5.74, 6) is 0.394. The summed E-state index contributed by atoms with van der Waals surface area (Å²) in [6, 6.07) is 9.02. The summed E-state index contributed by atoms with van der Waals surface area (Å²) in [5, 5.41) is 11.7. The van der Waals surface area contributed by atoms with Crippen LogP contribution in [0.5, 0.6) is 5.75 Å². The Morgan fingerprint density at radius 3 is 2.86 bits per heavy atom. The topological polar surface area (TPSA) is 75.0 Å². The van der Waals surface area contributed by atoms with Crippen molar-refractivity contribution < 1.29 is 9.53 Å². The molecule has 0 bridgehead atoms. The highest BCUT2D eigenvalue weighted by Crippen LogP contribution is 2.17. The van der Waals surface area contributed by atoms with E-state index >= 15 is 0 Å². The first-order valence-corrected chi connectivity index (χ1v) is 7.00. The van der Waals surface area contributed by atoms with Crippen molar-refractivity contribution in [3.8, 4) is 11.8 Å². The fraction of sp³-hybridized carbons (Fsp3) is 0.133. The number of benzene rings is 1. The molecule has 2 rings (SSSR count). The molecule has 21 heavy (non-hydrogen) atoms. The van der Waals surface area contributed by atoms with Crippen LogP contribution in [0.1, 0.15) is 10.4 Å².